The normalized spacial score (nSPS) is 14.8. The van der Waals surface area contributed by atoms with Gasteiger partial charge in [0.2, 0.25) is 17.3 Å². The monoisotopic (exact) mass is 436 g/mol. The lowest BCUT2D eigenvalue weighted by atomic mass is 10.1. The van der Waals surface area contributed by atoms with E-state index in [0.29, 0.717) is 27.5 Å². The molecule has 1 aliphatic rings. The second-order valence-electron chi connectivity index (χ2n) is 6.80. The lowest BCUT2D eigenvalue weighted by Gasteiger charge is -2.16. The van der Waals surface area contributed by atoms with E-state index in [1.54, 1.807) is 0 Å². The van der Waals surface area contributed by atoms with E-state index >= 15 is 0 Å². The van der Waals surface area contributed by atoms with Gasteiger partial charge < -0.3 is 14.5 Å². The number of furan rings is 1. The van der Waals surface area contributed by atoms with Crippen LogP contribution in [-0.2, 0) is 0 Å². The van der Waals surface area contributed by atoms with Crippen LogP contribution < -0.4 is 10.1 Å². The maximum absolute atomic E-state index is 6.21. The molecule has 2 aromatic heterocycles. The standard InChI is InChI=1S/C22H17ClN4O2S/c1-12-7-8-13(23)11-15(12)17-9-10-18(28-17)20-24-16-6-4-3-5-14(16)19-21(29-20)25-22(30-2)27-26-19/h3-11,20,24H,1-2H3/t20-/m0/s1. The molecule has 0 saturated carbocycles. The molecule has 4 aromatic rings. The Morgan fingerprint density at radius 1 is 1.03 bits per heavy atom. The first kappa shape index (κ1) is 19.0. The number of nitrogens with one attached hydrogen (secondary N) is 1. The third kappa shape index (κ3) is 3.40. The zero-order valence-corrected chi connectivity index (χ0v) is 17.8. The number of para-hydroxylation sites is 1. The molecule has 6 nitrogen and oxygen atoms in total. The Hall–Kier alpha value is -3.03. The van der Waals surface area contributed by atoms with Gasteiger partial charge in [-0.2, -0.15) is 4.98 Å². The van der Waals surface area contributed by atoms with Crippen LogP contribution in [0.3, 0.4) is 0 Å². The number of hydrogen-bond donors (Lipinski definition) is 1. The zero-order valence-electron chi connectivity index (χ0n) is 16.2. The number of nitrogens with zero attached hydrogens (tertiary/aromatic N) is 3. The number of aryl methyl sites for hydroxylation is 1. The van der Waals surface area contributed by atoms with E-state index in [2.05, 4.69) is 20.5 Å². The van der Waals surface area contributed by atoms with Crippen molar-refractivity contribution in [2.45, 2.75) is 18.3 Å². The first-order chi connectivity index (χ1) is 14.6. The van der Waals surface area contributed by atoms with Crippen molar-refractivity contribution in [3.05, 3.63) is 70.9 Å². The molecule has 5 rings (SSSR count). The third-order valence-electron chi connectivity index (χ3n) is 4.87. The first-order valence-corrected chi connectivity index (χ1v) is 10.9. The van der Waals surface area contributed by atoms with E-state index in [9.17, 15) is 0 Å². The maximum atomic E-state index is 6.21. The maximum Gasteiger partial charge on any atom is 0.247 e. The second-order valence-corrected chi connectivity index (χ2v) is 8.01. The summed E-state index contributed by atoms with van der Waals surface area (Å²) in [6.45, 7) is 2.02. The molecular formula is C22H17ClN4O2S. The Balaban J connectivity index is 1.57. The molecule has 0 saturated heterocycles. The number of fused-ring (bicyclic) bond motifs is 3. The van der Waals surface area contributed by atoms with Gasteiger partial charge in [0, 0.05) is 21.8 Å². The summed E-state index contributed by atoms with van der Waals surface area (Å²) in [7, 11) is 0. The van der Waals surface area contributed by atoms with E-state index < -0.39 is 6.23 Å². The highest BCUT2D eigenvalue weighted by atomic mass is 35.5. The smallest absolute Gasteiger partial charge is 0.247 e. The second kappa shape index (κ2) is 7.66. The molecule has 8 heteroatoms. The number of benzene rings is 2. The van der Waals surface area contributed by atoms with Crippen LogP contribution in [0.2, 0.25) is 5.02 Å². The number of halogens is 1. The highest BCUT2D eigenvalue weighted by molar-refractivity contribution is 7.98. The van der Waals surface area contributed by atoms with Gasteiger partial charge in [0.1, 0.15) is 5.76 Å². The highest BCUT2D eigenvalue weighted by Gasteiger charge is 2.28. The van der Waals surface area contributed by atoms with Gasteiger partial charge in [-0.05, 0) is 49.1 Å². The van der Waals surface area contributed by atoms with Gasteiger partial charge >= 0.3 is 0 Å². The molecule has 0 radical (unpaired) electrons. The molecule has 2 aromatic carbocycles. The molecule has 1 aliphatic heterocycles. The van der Waals surface area contributed by atoms with Gasteiger partial charge in [0.05, 0.1) is 0 Å². The number of ether oxygens (including phenoxy) is 1. The molecule has 1 N–H and O–H groups in total. The molecule has 150 valence electrons. The van der Waals surface area contributed by atoms with Gasteiger partial charge in [0.25, 0.3) is 0 Å². The summed E-state index contributed by atoms with van der Waals surface area (Å²) in [5, 5.41) is 13.1. The van der Waals surface area contributed by atoms with Crippen LogP contribution in [0.25, 0.3) is 22.6 Å². The number of aromatic nitrogens is 3. The Labute approximate surface area is 182 Å². The largest absolute Gasteiger partial charge is 0.455 e. The van der Waals surface area contributed by atoms with E-state index in [1.165, 1.54) is 11.8 Å². The average molecular weight is 437 g/mol. The van der Waals surface area contributed by atoms with Crippen LogP contribution in [-0.4, -0.2) is 21.4 Å². The van der Waals surface area contributed by atoms with Crippen molar-refractivity contribution in [1.82, 2.24) is 15.2 Å². The molecule has 0 unspecified atom stereocenters. The minimum Gasteiger partial charge on any atom is -0.455 e. The zero-order chi connectivity index (χ0) is 20.7. The molecule has 0 aliphatic carbocycles. The summed E-state index contributed by atoms with van der Waals surface area (Å²) in [4.78, 5) is 4.53. The van der Waals surface area contributed by atoms with Gasteiger partial charge in [-0.3, -0.25) is 0 Å². The van der Waals surface area contributed by atoms with Crippen molar-refractivity contribution >= 4 is 29.1 Å². The molecule has 1 atom stereocenters. The molecule has 30 heavy (non-hydrogen) atoms. The summed E-state index contributed by atoms with van der Waals surface area (Å²) in [6.07, 6.45) is 1.32. The van der Waals surface area contributed by atoms with Crippen molar-refractivity contribution in [3.8, 4) is 28.5 Å². The lowest BCUT2D eigenvalue weighted by molar-refractivity contribution is 0.196. The molecule has 0 fully saturated rings. The van der Waals surface area contributed by atoms with Gasteiger partial charge in [0.15, 0.2) is 11.5 Å². The summed E-state index contributed by atoms with van der Waals surface area (Å²) >= 11 is 7.59. The van der Waals surface area contributed by atoms with Gasteiger partial charge in [-0.1, -0.05) is 47.6 Å². The number of rotatable bonds is 3. The molecule has 3 heterocycles. The van der Waals surface area contributed by atoms with E-state index in [1.807, 2.05) is 67.8 Å². The molecular weight excluding hydrogens is 420 g/mol. The van der Waals surface area contributed by atoms with Crippen LogP contribution in [0.1, 0.15) is 17.6 Å². The van der Waals surface area contributed by atoms with Gasteiger partial charge in [-0.15, -0.1) is 10.2 Å². The van der Waals surface area contributed by atoms with Crippen LogP contribution >= 0.6 is 23.4 Å². The number of thioether (sulfide) groups is 1. The summed E-state index contributed by atoms with van der Waals surface area (Å²) in [5.74, 6) is 1.75. The van der Waals surface area contributed by atoms with Crippen LogP contribution in [0.4, 0.5) is 5.69 Å². The van der Waals surface area contributed by atoms with Crippen LogP contribution in [0, 0.1) is 6.92 Å². The Bertz CT molecular complexity index is 1240. The molecule has 0 bridgehead atoms. The minimum atomic E-state index is -0.577. The van der Waals surface area contributed by atoms with Gasteiger partial charge in [-0.25, -0.2) is 0 Å². The number of anilines is 1. The quantitative estimate of drug-likeness (QED) is 0.395. The predicted octanol–water partition coefficient (Wildman–Crippen LogP) is 5.99. The van der Waals surface area contributed by atoms with Crippen molar-refractivity contribution in [1.29, 1.82) is 0 Å². The summed E-state index contributed by atoms with van der Waals surface area (Å²) in [6, 6.07) is 17.4. The molecule has 0 amide bonds. The number of hydrogen-bond acceptors (Lipinski definition) is 7. The minimum absolute atomic E-state index is 0.411. The highest BCUT2D eigenvalue weighted by Crippen LogP contribution is 2.40. The average Bonchev–Trinajstić information content (AvgIpc) is 3.19. The third-order valence-corrected chi connectivity index (χ3v) is 5.64. The topological polar surface area (TPSA) is 73.1 Å². The Morgan fingerprint density at radius 2 is 1.90 bits per heavy atom. The Kier molecular flexibility index (Phi) is 4.84. The fourth-order valence-electron chi connectivity index (χ4n) is 3.36. The predicted molar refractivity (Wildman–Crippen MR) is 118 cm³/mol. The van der Waals surface area contributed by atoms with Crippen molar-refractivity contribution < 1.29 is 9.15 Å². The molecule has 0 spiro atoms. The summed E-state index contributed by atoms with van der Waals surface area (Å²) in [5.41, 5.74) is 4.35. The van der Waals surface area contributed by atoms with E-state index in [4.69, 9.17) is 20.8 Å². The summed E-state index contributed by atoms with van der Waals surface area (Å²) < 4.78 is 12.4. The van der Waals surface area contributed by atoms with Crippen molar-refractivity contribution in [3.63, 3.8) is 0 Å². The van der Waals surface area contributed by atoms with Crippen LogP contribution in [0.5, 0.6) is 5.88 Å². The Morgan fingerprint density at radius 3 is 2.77 bits per heavy atom. The van der Waals surface area contributed by atoms with E-state index in [-0.39, 0.29) is 0 Å². The van der Waals surface area contributed by atoms with Crippen molar-refractivity contribution in [2.75, 3.05) is 11.6 Å². The van der Waals surface area contributed by atoms with Crippen LogP contribution in [0.15, 0.2) is 64.2 Å². The first-order valence-electron chi connectivity index (χ1n) is 9.30. The fourth-order valence-corrected chi connectivity index (χ4v) is 3.83. The fraction of sp³-hybridized carbons (Fsp3) is 0.136. The SMILES string of the molecule is CSc1nnc2c(n1)O[C@@H](c1ccc(-c3cc(Cl)ccc3C)o1)Nc1ccccc1-2. The van der Waals surface area contributed by atoms with Crippen molar-refractivity contribution in [2.24, 2.45) is 0 Å². The van der Waals surface area contributed by atoms with E-state index in [0.717, 1.165) is 28.1 Å². The lowest BCUT2D eigenvalue weighted by Crippen LogP contribution is -2.16.